The molecule has 1 atom stereocenters. The Kier molecular flexibility index (Phi) is 5.26. The third-order valence-electron chi connectivity index (χ3n) is 5.27. The lowest BCUT2D eigenvalue weighted by Crippen LogP contribution is -2.34. The Morgan fingerprint density at radius 2 is 2.00 bits per heavy atom. The summed E-state index contributed by atoms with van der Waals surface area (Å²) in [7, 11) is -3.94. The Balaban J connectivity index is 1.85. The molecule has 0 bridgehead atoms. The van der Waals surface area contributed by atoms with Gasteiger partial charge >= 0.3 is 0 Å². The summed E-state index contributed by atoms with van der Waals surface area (Å²) >= 11 is 0. The number of sulfonamides is 1. The van der Waals surface area contributed by atoms with Gasteiger partial charge in [-0.15, -0.1) is 0 Å². The Morgan fingerprint density at radius 3 is 2.57 bits per heavy atom. The number of halogens is 1. The van der Waals surface area contributed by atoms with Gasteiger partial charge in [0.25, 0.3) is 0 Å². The number of nitrogens with one attached hydrogen (secondary N) is 1. The van der Waals surface area contributed by atoms with Gasteiger partial charge in [-0.05, 0) is 44.7 Å². The minimum absolute atomic E-state index is 0.162. The van der Waals surface area contributed by atoms with Crippen molar-refractivity contribution in [3.63, 3.8) is 0 Å². The summed E-state index contributed by atoms with van der Waals surface area (Å²) in [5, 5.41) is 9.84. The molecule has 0 unspecified atom stereocenters. The maximum absolute atomic E-state index is 12.7. The van der Waals surface area contributed by atoms with Gasteiger partial charge in [0.15, 0.2) is 5.82 Å². The van der Waals surface area contributed by atoms with E-state index in [1.165, 1.54) is 19.3 Å². The predicted molar refractivity (Wildman–Crippen MR) is 109 cm³/mol. The smallest absolute Gasteiger partial charge is 0.243 e. The number of alkyl halides is 1. The van der Waals surface area contributed by atoms with Crippen molar-refractivity contribution in [3.05, 3.63) is 35.8 Å². The summed E-state index contributed by atoms with van der Waals surface area (Å²) in [5.74, 6) is 0.256. The number of hydrogen-bond acceptors (Lipinski definition) is 6. The maximum Gasteiger partial charge on any atom is 0.243 e. The fourth-order valence-electron chi connectivity index (χ4n) is 3.57. The quantitative estimate of drug-likeness (QED) is 0.646. The van der Waals surface area contributed by atoms with Crippen LogP contribution in [0.5, 0.6) is 0 Å². The minimum atomic E-state index is -3.94. The SMILES string of the molecule is Cc1cnc2c(C#N)c(-c3ncc(S(=O)(=O)N[C@@H](C)CF)cn3)n(C3CCC3)c2c1. The highest BCUT2D eigenvalue weighted by molar-refractivity contribution is 7.89. The number of aryl methyl sites for hydroxylation is 1. The number of hydrogen-bond donors (Lipinski definition) is 1. The van der Waals surface area contributed by atoms with Crippen molar-refractivity contribution in [2.24, 2.45) is 0 Å². The molecule has 0 aliphatic heterocycles. The van der Waals surface area contributed by atoms with Crippen LogP contribution in [0.15, 0.2) is 29.6 Å². The molecule has 0 amide bonds. The first-order valence-electron chi connectivity index (χ1n) is 9.67. The highest BCUT2D eigenvalue weighted by atomic mass is 32.2. The van der Waals surface area contributed by atoms with E-state index in [2.05, 4.69) is 30.3 Å². The molecule has 1 fully saturated rings. The summed E-state index contributed by atoms with van der Waals surface area (Å²) in [6, 6.07) is 3.58. The standard InChI is InChI=1S/C20H21FN6O2S/c1-12-6-17-18(23-9-12)16(8-22)19(27(17)14-4-3-5-14)20-24-10-15(11-25-20)30(28,29)26-13(2)7-21/h6,9-11,13-14,26H,3-5,7H2,1-2H3/t13-/m0/s1. The topological polar surface area (TPSA) is 114 Å². The summed E-state index contributed by atoms with van der Waals surface area (Å²) in [6.45, 7) is 2.55. The zero-order chi connectivity index (χ0) is 21.5. The van der Waals surface area contributed by atoms with Crippen molar-refractivity contribution in [2.75, 3.05) is 6.67 Å². The molecule has 3 aromatic heterocycles. The molecular weight excluding hydrogens is 407 g/mol. The van der Waals surface area contributed by atoms with Crippen LogP contribution in [0.3, 0.4) is 0 Å². The molecule has 0 saturated heterocycles. The summed E-state index contributed by atoms with van der Waals surface area (Å²) in [4.78, 5) is 12.8. The Hall–Kier alpha value is -2.90. The number of pyridine rings is 1. The molecule has 0 aromatic carbocycles. The van der Waals surface area contributed by atoms with Crippen molar-refractivity contribution in [3.8, 4) is 17.6 Å². The first kappa shape index (κ1) is 20.4. The summed E-state index contributed by atoms with van der Waals surface area (Å²) < 4.78 is 41.7. The van der Waals surface area contributed by atoms with E-state index < -0.39 is 22.7 Å². The predicted octanol–water partition coefficient (Wildman–Crippen LogP) is 3.03. The van der Waals surface area contributed by atoms with Gasteiger partial charge in [0, 0.05) is 18.3 Å². The highest BCUT2D eigenvalue weighted by Crippen LogP contribution is 2.41. The molecule has 3 aromatic rings. The Labute approximate surface area is 173 Å². The molecule has 1 aliphatic rings. The van der Waals surface area contributed by atoms with E-state index >= 15 is 0 Å². The number of aromatic nitrogens is 4. The van der Waals surface area contributed by atoms with E-state index in [4.69, 9.17) is 0 Å². The van der Waals surface area contributed by atoms with Crippen LogP contribution in [0.2, 0.25) is 0 Å². The van der Waals surface area contributed by atoms with Crippen LogP contribution >= 0.6 is 0 Å². The maximum atomic E-state index is 12.7. The van der Waals surface area contributed by atoms with Gasteiger partial charge in [0.1, 0.15) is 34.4 Å². The van der Waals surface area contributed by atoms with Gasteiger partial charge < -0.3 is 4.57 Å². The molecule has 3 heterocycles. The van der Waals surface area contributed by atoms with Gasteiger partial charge in [0.2, 0.25) is 10.0 Å². The van der Waals surface area contributed by atoms with E-state index in [9.17, 15) is 18.1 Å². The van der Waals surface area contributed by atoms with Crippen LogP contribution in [0.25, 0.3) is 22.6 Å². The molecular formula is C20H21FN6O2S. The van der Waals surface area contributed by atoms with Crippen LogP contribution in [0.1, 0.15) is 43.4 Å². The molecule has 10 heteroatoms. The van der Waals surface area contributed by atoms with Crippen LogP contribution < -0.4 is 4.72 Å². The summed E-state index contributed by atoms with van der Waals surface area (Å²) in [6.07, 6.45) is 7.13. The van der Waals surface area contributed by atoms with Crippen LogP contribution in [0, 0.1) is 18.3 Å². The first-order valence-corrected chi connectivity index (χ1v) is 11.2. The van der Waals surface area contributed by atoms with Crippen LogP contribution in [0.4, 0.5) is 4.39 Å². The van der Waals surface area contributed by atoms with Crippen LogP contribution in [-0.2, 0) is 10.0 Å². The molecule has 1 N–H and O–H groups in total. The van der Waals surface area contributed by atoms with E-state index in [0.717, 1.165) is 30.3 Å². The lowest BCUT2D eigenvalue weighted by molar-refractivity contribution is 0.323. The number of nitriles is 1. The fraction of sp³-hybridized carbons (Fsp3) is 0.400. The molecule has 1 aliphatic carbocycles. The lowest BCUT2D eigenvalue weighted by Gasteiger charge is -2.29. The lowest BCUT2D eigenvalue weighted by atomic mass is 9.92. The van der Waals surface area contributed by atoms with Gasteiger partial charge in [0.05, 0.1) is 17.9 Å². The Bertz CT molecular complexity index is 1240. The minimum Gasteiger partial charge on any atom is -0.332 e. The molecule has 0 radical (unpaired) electrons. The Morgan fingerprint density at radius 1 is 1.30 bits per heavy atom. The normalized spacial score (nSPS) is 15.7. The monoisotopic (exact) mass is 428 g/mol. The average Bonchev–Trinajstić information content (AvgIpc) is 2.99. The molecule has 156 valence electrons. The third-order valence-corrected chi connectivity index (χ3v) is 6.81. The van der Waals surface area contributed by atoms with Crippen LogP contribution in [-0.4, -0.2) is 40.7 Å². The third kappa shape index (κ3) is 3.44. The van der Waals surface area contributed by atoms with E-state index in [0.29, 0.717) is 16.8 Å². The molecule has 1 saturated carbocycles. The van der Waals surface area contributed by atoms with Crippen molar-refractivity contribution < 1.29 is 12.8 Å². The largest absolute Gasteiger partial charge is 0.332 e. The summed E-state index contributed by atoms with van der Waals surface area (Å²) in [5.41, 5.74) is 3.33. The van der Waals surface area contributed by atoms with Gasteiger partial charge in [-0.2, -0.15) is 5.26 Å². The first-order chi connectivity index (χ1) is 14.4. The second-order valence-electron chi connectivity index (χ2n) is 7.59. The zero-order valence-electron chi connectivity index (χ0n) is 16.6. The molecule has 8 nitrogen and oxygen atoms in total. The number of rotatable bonds is 6. The highest BCUT2D eigenvalue weighted by Gasteiger charge is 2.30. The molecule has 0 spiro atoms. The van der Waals surface area contributed by atoms with Crippen molar-refractivity contribution in [1.82, 2.24) is 24.2 Å². The number of fused-ring (bicyclic) bond motifs is 1. The second kappa shape index (κ2) is 7.74. The van der Waals surface area contributed by atoms with E-state index in [1.807, 2.05) is 13.0 Å². The fourth-order valence-corrected chi connectivity index (χ4v) is 4.69. The van der Waals surface area contributed by atoms with Crippen molar-refractivity contribution in [2.45, 2.75) is 50.1 Å². The molecule has 4 rings (SSSR count). The van der Waals surface area contributed by atoms with Gasteiger partial charge in [-0.25, -0.2) is 27.5 Å². The zero-order valence-corrected chi connectivity index (χ0v) is 17.4. The van der Waals surface area contributed by atoms with Gasteiger partial charge in [-0.3, -0.25) is 4.98 Å². The van der Waals surface area contributed by atoms with Crippen molar-refractivity contribution in [1.29, 1.82) is 5.26 Å². The number of nitrogens with zero attached hydrogens (tertiary/aromatic N) is 5. The van der Waals surface area contributed by atoms with E-state index in [1.54, 1.807) is 6.20 Å². The van der Waals surface area contributed by atoms with Gasteiger partial charge in [-0.1, -0.05) is 0 Å². The average molecular weight is 428 g/mol. The van der Waals surface area contributed by atoms with E-state index in [-0.39, 0.29) is 16.8 Å². The second-order valence-corrected chi connectivity index (χ2v) is 9.30. The van der Waals surface area contributed by atoms with Crippen molar-refractivity contribution >= 4 is 21.1 Å². The molecule has 30 heavy (non-hydrogen) atoms.